The van der Waals surface area contributed by atoms with Crippen molar-refractivity contribution in [3.63, 3.8) is 0 Å². The Morgan fingerprint density at radius 2 is 2.05 bits per heavy atom. The van der Waals surface area contributed by atoms with Crippen LogP contribution in [0.5, 0.6) is 0 Å². The zero-order valence-electron chi connectivity index (χ0n) is 11.2. The molecule has 0 aliphatic carbocycles. The predicted octanol–water partition coefficient (Wildman–Crippen LogP) is 1.84. The molecule has 108 valence electrons. The van der Waals surface area contributed by atoms with Crippen molar-refractivity contribution < 1.29 is 9.72 Å². The lowest BCUT2D eigenvalue weighted by Crippen LogP contribution is -2.15. The summed E-state index contributed by atoms with van der Waals surface area (Å²) in [6.45, 7) is 1.77. The van der Waals surface area contributed by atoms with E-state index in [1.54, 1.807) is 19.1 Å². The smallest absolute Gasteiger partial charge is 0.282 e. The Kier molecular flexibility index (Phi) is 4.10. The van der Waals surface area contributed by atoms with Gasteiger partial charge in [-0.15, -0.1) is 0 Å². The van der Waals surface area contributed by atoms with E-state index < -0.39 is 10.8 Å². The van der Waals surface area contributed by atoms with Crippen LogP contribution in [0, 0.1) is 17.0 Å². The van der Waals surface area contributed by atoms with Crippen molar-refractivity contribution in [1.82, 2.24) is 4.98 Å². The van der Waals surface area contributed by atoms with Crippen molar-refractivity contribution in [2.75, 3.05) is 10.7 Å². The molecule has 0 bridgehead atoms. The van der Waals surface area contributed by atoms with E-state index in [-0.39, 0.29) is 11.3 Å². The summed E-state index contributed by atoms with van der Waals surface area (Å²) in [5, 5.41) is 13.6. The van der Waals surface area contributed by atoms with Gasteiger partial charge >= 0.3 is 0 Å². The van der Waals surface area contributed by atoms with Crippen LogP contribution in [0.3, 0.4) is 0 Å². The molecule has 0 spiro atoms. The van der Waals surface area contributed by atoms with E-state index in [0.717, 1.165) is 5.69 Å². The lowest BCUT2D eigenvalue weighted by molar-refractivity contribution is -0.385. The topological polar surface area (TPSA) is 123 Å². The van der Waals surface area contributed by atoms with Gasteiger partial charge in [0, 0.05) is 29.3 Å². The van der Waals surface area contributed by atoms with E-state index in [9.17, 15) is 14.9 Å². The number of carbonyl (C=O) groups excluding carboxylic acids is 1. The fourth-order valence-electron chi connectivity index (χ4n) is 1.79. The summed E-state index contributed by atoms with van der Waals surface area (Å²) in [5.41, 5.74) is 3.60. The average Bonchev–Trinajstić information content (AvgIpc) is 2.46. The molecule has 0 saturated heterocycles. The number of amides is 1. The first kappa shape index (κ1) is 14.4. The normalized spacial score (nSPS) is 10.0. The van der Waals surface area contributed by atoms with Crippen molar-refractivity contribution in [3.8, 4) is 0 Å². The third-order valence-corrected chi connectivity index (χ3v) is 2.76. The molecule has 0 atom stereocenters. The molecule has 0 aliphatic heterocycles. The van der Waals surface area contributed by atoms with E-state index >= 15 is 0 Å². The highest BCUT2D eigenvalue weighted by atomic mass is 16.6. The molecule has 8 nitrogen and oxygen atoms in total. The van der Waals surface area contributed by atoms with Crippen molar-refractivity contribution in [1.29, 1.82) is 0 Å². The maximum atomic E-state index is 12.2. The Morgan fingerprint density at radius 1 is 1.29 bits per heavy atom. The quantitative estimate of drug-likeness (QED) is 0.448. The monoisotopic (exact) mass is 287 g/mol. The highest BCUT2D eigenvalue weighted by molar-refractivity contribution is 6.07. The van der Waals surface area contributed by atoms with Crippen LogP contribution in [0.25, 0.3) is 0 Å². The van der Waals surface area contributed by atoms with Crippen LogP contribution < -0.4 is 16.6 Å². The third kappa shape index (κ3) is 3.31. The number of aryl methyl sites for hydroxylation is 1. The third-order valence-electron chi connectivity index (χ3n) is 2.76. The minimum Gasteiger partial charge on any atom is -0.324 e. The summed E-state index contributed by atoms with van der Waals surface area (Å²) in [7, 11) is 0. The number of benzene rings is 1. The number of nitrogen functional groups attached to an aromatic ring is 1. The molecule has 4 N–H and O–H groups in total. The number of hydrogen-bond acceptors (Lipinski definition) is 6. The van der Waals surface area contributed by atoms with Crippen LogP contribution in [-0.4, -0.2) is 15.8 Å². The number of nitrogens with one attached hydrogen (secondary N) is 2. The van der Waals surface area contributed by atoms with E-state index in [0.29, 0.717) is 11.4 Å². The largest absolute Gasteiger partial charge is 0.324 e. The fraction of sp³-hybridized carbons (Fsp3) is 0.0769. The second kappa shape index (κ2) is 5.97. The molecule has 2 aromatic rings. The van der Waals surface area contributed by atoms with E-state index in [4.69, 9.17) is 5.84 Å². The number of hydrogen-bond donors (Lipinski definition) is 3. The minimum atomic E-state index is -0.618. The molecule has 1 amide bonds. The molecule has 1 heterocycles. The number of nitrogens with two attached hydrogens (primary N) is 1. The lowest BCUT2D eigenvalue weighted by atomic mass is 10.1. The number of carbonyl (C=O) groups is 1. The van der Waals surface area contributed by atoms with Gasteiger partial charge < -0.3 is 10.7 Å². The zero-order valence-corrected chi connectivity index (χ0v) is 11.2. The first-order valence-corrected chi connectivity index (χ1v) is 6.00. The fourth-order valence-corrected chi connectivity index (χ4v) is 1.79. The summed E-state index contributed by atoms with van der Waals surface area (Å²) in [6, 6.07) is 7.23. The maximum absolute atomic E-state index is 12.2. The first-order valence-electron chi connectivity index (χ1n) is 6.00. The lowest BCUT2D eigenvalue weighted by Gasteiger charge is -2.08. The van der Waals surface area contributed by atoms with Gasteiger partial charge in [0.25, 0.3) is 11.6 Å². The number of nitrogens with zero attached hydrogens (tertiary/aromatic N) is 2. The molecule has 2 rings (SSSR count). The number of nitro benzene ring substituents is 1. The highest BCUT2D eigenvalue weighted by Gasteiger charge is 2.20. The second-order valence-corrected chi connectivity index (χ2v) is 4.27. The summed E-state index contributed by atoms with van der Waals surface area (Å²) in [5.74, 6) is 4.66. The van der Waals surface area contributed by atoms with Gasteiger partial charge in [-0.05, 0) is 31.2 Å². The van der Waals surface area contributed by atoms with Gasteiger partial charge in [-0.1, -0.05) is 0 Å². The van der Waals surface area contributed by atoms with Crippen molar-refractivity contribution in [3.05, 3.63) is 57.9 Å². The summed E-state index contributed by atoms with van der Waals surface area (Å²) in [4.78, 5) is 26.6. The maximum Gasteiger partial charge on any atom is 0.282 e. The average molecular weight is 287 g/mol. The molecule has 0 unspecified atom stereocenters. The van der Waals surface area contributed by atoms with Crippen LogP contribution >= 0.6 is 0 Å². The SMILES string of the molecule is Cc1cc(NC(=O)c2cc(NN)ccc2[N+](=O)[O-])ccn1. The standard InChI is InChI=1S/C13H13N5O3/c1-8-6-9(4-5-15-8)16-13(19)11-7-10(17-14)2-3-12(11)18(20)21/h2-7,17H,14H2,1H3,(H,15,16,19). The number of rotatable bonds is 4. The van der Waals surface area contributed by atoms with Crippen LogP contribution in [0.4, 0.5) is 17.1 Å². The molecule has 1 aromatic carbocycles. The van der Waals surface area contributed by atoms with Gasteiger partial charge in [0.2, 0.25) is 0 Å². The highest BCUT2D eigenvalue weighted by Crippen LogP contribution is 2.23. The molecule has 1 aromatic heterocycles. The number of pyridine rings is 1. The van der Waals surface area contributed by atoms with Gasteiger partial charge in [0.1, 0.15) is 5.56 Å². The Hall–Kier alpha value is -3.00. The number of hydrazine groups is 1. The van der Waals surface area contributed by atoms with E-state index in [1.807, 2.05) is 0 Å². The molecular weight excluding hydrogens is 274 g/mol. The van der Waals surface area contributed by atoms with Crippen LogP contribution in [0.15, 0.2) is 36.5 Å². The van der Waals surface area contributed by atoms with Crippen molar-refractivity contribution in [2.24, 2.45) is 5.84 Å². The Morgan fingerprint density at radius 3 is 2.67 bits per heavy atom. The molecule has 0 radical (unpaired) electrons. The van der Waals surface area contributed by atoms with Gasteiger partial charge in [0.15, 0.2) is 0 Å². The minimum absolute atomic E-state index is 0.0788. The molecule has 0 saturated carbocycles. The Balaban J connectivity index is 2.35. The van der Waals surface area contributed by atoms with E-state index in [1.165, 1.54) is 24.4 Å². The molecule has 21 heavy (non-hydrogen) atoms. The van der Waals surface area contributed by atoms with Crippen LogP contribution in [-0.2, 0) is 0 Å². The molecular formula is C13H13N5O3. The van der Waals surface area contributed by atoms with Crippen molar-refractivity contribution >= 4 is 23.0 Å². The second-order valence-electron chi connectivity index (χ2n) is 4.27. The van der Waals surface area contributed by atoms with Gasteiger partial charge in [-0.3, -0.25) is 25.7 Å². The number of aromatic nitrogens is 1. The summed E-state index contributed by atoms with van der Waals surface area (Å²) >= 11 is 0. The summed E-state index contributed by atoms with van der Waals surface area (Å²) in [6.07, 6.45) is 1.54. The van der Waals surface area contributed by atoms with E-state index in [2.05, 4.69) is 15.7 Å². The molecule has 8 heteroatoms. The number of anilines is 2. The molecule has 0 aliphatic rings. The first-order chi connectivity index (χ1) is 10.0. The van der Waals surface area contributed by atoms with Crippen LogP contribution in [0.1, 0.15) is 16.1 Å². The van der Waals surface area contributed by atoms with Gasteiger partial charge in [-0.25, -0.2) is 0 Å². The zero-order chi connectivity index (χ0) is 15.4. The van der Waals surface area contributed by atoms with Crippen molar-refractivity contribution in [2.45, 2.75) is 6.92 Å². The van der Waals surface area contributed by atoms with Crippen LogP contribution in [0.2, 0.25) is 0 Å². The number of nitro groups is 1. The molecule has 0 fully saturated rings. The van der Waals surface area contributed by atoms with Gasteiger partial charge in [0.05, 0.1) is 4.92 Å². The van der Waals surface area contributed by atoms with Gasteiger partial charge in [-0.2, -0.15) is 0 Å². The Labute approximate surface area is 120 Å². The predicted molar refractivity (Wildman–Crippen MR) is 77.8 cm³/mol. The Bertz CT molecular complexity index is 702. The summed E-state index contributed by atoms with van der Waals surface area (Å²) < 4.78 is 0.